The van der Waals surface area contributed by atoms with E-state index in [-0.39, 0.29) is 30.2 Å². The van der Waals surface area contributed by atoms with Crippen molar-refractivity contribution in [2.24, 2.45) is 0 Å². The van der Waals surface area contributed by atoms with Crippen LogP contribution in [-0.4, -0.2) is 34.8 Å². The summed E-state index contributed by atoms with van der Waals surface area (Å²) in [5.74, 6) is -1.53. The number of halogens is 3. The number of alkyl halides is 3. The Morgan fingerprint density at radius 1 is 0.972 bits per heavy atom. The first-order chi connectivity index (χ1) is 17.2. The Kier molecular flexibility index (Phi) is 5.91. The van der Waals surface area contributed by atoms with Crippen molar-refractivity contribution in [3.8, 4) is 11.1 Å². The number of H-pyrrole nitrogens is 1. The molecule has 1 atom stereocenters. The summed E-state index contributed by atoms with van der Waals surface area (Å²) in [5, 5.41) is 12.2. The number of benzene rings is 3. The van der Waals surface area contributed by atoms with Gasteiger partial charge in [-0.05, 0) is 34.4 Å². The number of alkyl carbamates (subject to hydrolysis) is 1. The molecule has 0 bridgehead atoms. The van der Waals surface area contributed by atoms with Gasteiger partial charge in [-0.3, -0.25) is 0 Å². The number of aromatic nitrogens is 1. The highest BCUT2D eigenvalue weighted by atomic mass is 19.4. The van der Waals surface area contributed by atoms with Crippen LogP contribution in [0.5, 0.6) is 0 Å². The summed E-state index contributed by atoms with van der Waals surface area (Å²) in [4.78, 5) is 27.0. The maximum atomic E-state index is 13.3. The summed E-state index contributed by atoms with van der Waals surface area (Å²) in [6.45, 7) is 0.00747. The number of carboxylic acid groups (broad SMARTS) is 1. The first kappa shape index (κ1) is 23.5. The number of rotatable bonds is 6. The number of fused-ring (bicyclic) bond motifs is 4. The molecule has 0 radical (unpaired) electrons. The quantitative estimate of drug-likeness (QED) is 0.320. The highest BCUT2D eigenvalue weighted by Crippen LogP contribution is 2.44. The first-order valence-corrected chi connectivity index (χ1v) is 11.2. The van der Waals surface area contributed by atoms with Crippen molar-refractivity contribution < 1.29 is 32.6 Å². The van der Waals surface area contributed by atoms with Crippen LogP contribution in [-0.2, 0) is 22.1 Å². The van der Waals surface area contributed by atoms with E-state index in [4.69, 9.17) is 4.74 Å². The molecule has 6 nitrogen and oxygen atoms in total. The van der Waals surface area contributed by atoms with Crippen molar-refractivity contribution in [1.82, 2.24) is 10.3 Å². The Morgan fingerprint density at radius 3 is 2.22 bits per heavy atom. The third-order valence-electron chi connectivity index (χ3n) is 6.38. The lowest BCUT2D eigenvalue weighted by atomic mass is 9.98. The van der Waals surface area contributed by atoms with Gasteiger partial charge in [-0.1, -0.05) is 60.7 Å². The zero-order chi connectivity index (χ0) is 25.4. The van der Waals surface area contributed by atoms with Crippen molar-refractivity contribution >= 4 is 23.0 Å². The van der Waals surface area contributed by atoms with Crippen LogP contribution >= 0.6 is 0 Å². The largest absolute Gasteiger partial charge is 0.480 e. The highest BCUT2D eigenvalue weighted by molar-refractivity contribution is 5.85. The van der Waals surface area contributed by atoms with E-state index < -0.39 is 29.8 Å². The molecular formula is C27H21F3N2O4. The Hall–Kier alpha value is -4.27. The second kappa shape index (κ2) is 9.07. The average Bonchev–Trinajstić information content (AvgIpc) is 3.40. The van der Waals surface area contributed by atoms with Crippen LogP contribution in [0.2, 0.25) is 0 Å². The maximum Gasteiger partial charge on any atom is 0.418 e. The van der Waals surface area contributed by atoms with Crippen LogP contribution < -0.4 is 5.32 Å². The van der Waals surface area contributed by atoms with E-state index >= 15 is 0 Å². The third kappa shape index (κ3) is 4.39. The lowest BCUT2D eigenvalue weighted by molar-refractivity contribution is -0.139. The Balaban J connectivity index is 1.29. The molecule has 0 aliphatic heterocycles. The van der Waals surface area contributed by atoms with Crippen molar-refractivity contribution in [2.45, 2.75) is 24.6 Å². The van der Waals surface area contributed by atoms with Gasteiger partial charge in [-0.25, -0.2) is 9.59 Å². The minimum Gasteiger partial charge on any atom is -0.480 e. The SMILES string of the molecule is O=C(NC(Cc1cc2cccc(C(F)(F)F)c2[nH]1)C(=O)O)OCC1c2ccccc2-c2ccccc21. The summed E-state index contributed by atoms with van der Waals surface area (Å²) in [6, 6.07) is 19.4. The van der Waals surface area contributed by atoms with Gasteiger partial charge in [0, 0.05) is 23.4 Å². The van der Waals surface area contributed by atoms with Crippen LogP contribution in [0.1, 0.15) is 28.3 Å². The molecule has 1 amide bonds. The van der Waals surface area contributed by atoms with E-state index in [9.17, 15) is 27.9 Å². The second-order valence-electron chi connectivity index (χ2n) is 8.63. The van der Waals surface area contributed by atoms with Crippen molar-refractivity contribution in [3.05, 3.63) is 95.2 Å². The minimum atomic E-state index is -4.56. The summed E-state index contributed by atoms with van der Waals surface area (Å²) in [5.41, 5.74) is 3.41. The monoisotopic (exact) mass is 494 g/mol. The third-order valence-corrected chi connectivity index (χ3v) is 6.38. The molecule has 5 rings (SSSR count). The number of hydrogen-bond donors (Lipinski definition) is 3. The number of aromatic amines is 1. The fraction of sp³-hybridized carbons (Fsp3) is 0.185. The van der Waals surface area contributed by atoms with E-state index in [1.54, 1.807) is 0 Å². The molecule has 4 aromatic rings. The van der Waals surface area contributed by atoms with Crippen LogP contribution in [0, 0.1) is 0 Å². The van der Waals surface area contributed by atoms with Crippen molar-refractivity contribution in [3.63, 3.8) is 0 Å². The number of amides is 1. The molecule has 1 unspecified atom stereocenters. The van der Waals surface area contributed by atoms with E-state index in [1.165, 1.54) is 18.2 Å². The molecule has 1 aliphatic carbocycles. The van der Waals surface area contributed by atoms with E-state index in [0.717, 1.165) is 28.3 Å². The number of para-hydroxylation sites is 1. The highest BCUT2D eigenvalue weighted by Gasteiger charge is 2.34. The summed E-state index contributed by atoms with van der Waals surface area (Å²) in [7, 11) is 0. The maximum absolute atomic E-state index is 13.3. The smallest absolute Gasteiger partial charge is 0.418 e. The molecule has 1 aliphatic rings. The van der Waals surface area contributed by atoms with Crippen LogP contribution in [0.15, 0.2) is 72.8 Å². The van der Waals surface area contributed by atoms with Crippen LogP contribution in [0.4, 0.5) is 18.0 Å². The molecule has 9 heteroatoms. The average molecular weight is 494 g/mol. The number of carboxylic acids is 1. The molecule has 0 spiro atoms. The molecule has 184 valence electrons. The van der Waals surface area contributed by atoms with Crippen molar-refractivity contribution in [2.75, 3.05) is 6.61 Å². The fourth-order valence-corrected chi connectivity index (χ4v) is 4.76. The summed E-state index contributed by atoms with van der Waals surface area (Å²) >= 11 is 0. The first-order valence-electron chi connectivity index (χ1n) is 11.2. The van der Waals surface area contributed by atoms with Gasteiger partial charge in [0.05, 0.1) is 11.1 Å². The van der Waals surface area contributed by atoms with Crippen molar-refractivity contribution in [1.29, 1.82) is 0 Å². The number of aliphatic carboxylic acids is 1. The number of nitrogens with one attached hydrogen (secondary N) is 2. The molecule has 0 saturated carbocycles. The fourth-order valence-electron chi connectivity index (χ4n) is 4.76. The Labute approximate surface area is 203 Å². The van der Waals surface area contributed by atoms with E-state index in [2.05, 4.69) is 10.3 Å². The predicted molar refractivity (Wildman–Crippen MR) is 127 cm³/mol. The molecular weight excluding hydrogens is 473 g/mol. The zero-order valence-corrected chi connectivity index (χ0v) is 18.8. The standard InChI is InChI=1S/C27H21F3N2O4/c28-27(29,30)22-11-5-6-15-12-16(31-24(15)22)13-23(25(33)34)32-26(35)36-14-21-19-9-3-1-7-17(19)18-8-2-4-10-20(18)21/h1-12,21,23,31H,13-14H2,(H,32,35)(H,33,34). The summed E-state index contributed by atoms with van der Waals surface area (Å²) < 4.78 is 45.3. The molecule has 3 N–H and O–H groups in total. The Bertz CT molecular complexity index is 1420. The molecule has 3 aromatic carbocycles. The van der Waals surface area contributed by atoms with Gasteiger partial charge in [-0.15, -0.1) is 0 Å². The van der Waals surface area contributed by atoms with E-state index in [1.807, 2.05) is 48.5 Å². The van der Waals surface area contributed by atoms with Gasteiger partial charge in [0.15, 0.2) is 0 Å². The lowest BCUT2D eigenvalue weighted by Gasteiger charge is -2.17. The van der Waals surface area contributed by atoms with Gasteiger partial charge < -0.3 is 20.1 Å². The number of carbonyl (C=O) groups excluding carboxylic acids is 1. The summed E-state index contributed by atoms with van der Waals surface area (Å²) in [6.07, 6.45) is -5.73. The molecule has 1 heterocycles. The van der Waals surface area contributed by atoms with Gasteiger partial charge >= 0.3 is 18.2 Å². The number of ether oxygens (including phenoxy) is 1. The lowest BCUT2D eigenvalue weighted by Crippen LogP contribution is -2.43. The van der Waals surface area contributed by atoms with Crippen LogP contribution in [0.3, 0.4) is 0 Å². The number of hydrogen-bond acceptors (Lipinski definition) is 3. The predicted octanol–water partition coefficient (Wildman–Crippen LogP) is 5.72. The molecule has 36 heavy (non-hydrogen) atoms. The van der Waals surface area contributed by atoms with Gasteiger partial charge in [0.2, 0.25) is 0 Å². The van der Waals surface area contributed by atoms with Gasteiger partial charge in [-0.2, -0.15) is 13.2 Å². The topological polar surface area (TPSA) is 91.4 Å². The second-order valence-corrected chi connectivity index (χ2v) is 8.63. The van der Waals surface area contributed by atoms with E-state index in [0.29, 0.717) is 5.39 Å². The molecule has 0 saturated heterocycles. The van der Waals surface area contributed by atoms with Gasteiger partial charge in [0.1, 0.15) is 12.6 Å². The Morgan fingerprint density at radius 2 is 1.61 bits per heavy atom. The van der Waals surface area contributed by atoms with Gasteiger partial charge in [0.25, 0.3) is 0 Å². The normalized spacial score (nSPS) is 13.8. The number of carbonyl (C=O) groups is 2. The molecule has 1 aromatic heterocycles. The van der Waals surface area contributed by atoms with Crippen LogP contribution in [0.25, 0.3) is 22.0 Å². The minimum absolute atomic E-state index is 0.00747. The molecule has 0 fully saturated rings. The zero-order valence-electron chi connectivity index (χ0n) is 18.8.